The van der Waals surface area contributed by atoms with Crippen LogP contribution in [0.3, 0.4) is 0 Å². The van der Waals surface area contributed by atoms with Crippen LogP contribution in [0.1, 0.15) is 16.8 Å². The molecule has 0 amide bonds. The summed E-state index contributed by atoms with van der Waals surface area (Å²) in [5, 5.41) is 11.0. The topological polar surface area (TPSA) is 93.1 Å². The number of nitrogens with zero attached hydrogens (tertiary/aromatic N) is 4. The maximum absolute atomic E-state index is 13.0. The number of fused-ring (bicyclic) bond motifs is 1. The van der Waals surface area contributed by atoms with Gasteiger partial charge in [-0.2, -0.15) is 9.57 Å². The second-order valence-electron chi connectivity index (χ2n) is 6.22. The maximum atomic E-state index is 13.0. The molecule has 0 spiro atoms. The average Bonchev–Trinajstić information content (AvgIpc) is 3.35. The SMILES string of the molecule is N#Cc1ccc2c(c1)CN(S(=O)(=O)c1cccs1)CCN2Cc1cnc[nH]1. The lowest BCUT2D eigenvalue weighted by Gasteiger charge is -2.24. The van der Waals surface area contributed by atoms with Crippen LogP contribution in [0, 0.1) is 11.3 Å². The van der Waals surface area contributed by atoms with Crippen LogP contribution in [-0.4, -0.2) is 35.8 Å². The van der Waals surface area contributed by atoms with Crippen LogP contribution >= 0.6 is 11.3 Å². The van der Waals surface area contributed by atoms with Crippen LogP contribution in [0.4, 0.5) is 5.69 Å². The third kappa shape index (κ3) is 3.47. The van der Waals surface area contributed by atoms with E-state index in [1.807, 2.05) is 6.07 Å². The Morgan fingerprint density at radius 2 is 2.19 bits per heavy atom. The number of aromatic amines is 1. The maximum Gasteiger partial charge on any atom is 0.252 e. The van der Waals surface area contributed by atoms with E-state index in [-0.39, 0.29) is 6.54 Å². The van der Waals surface area contributed by atoms with Gasteiger partial charge in [0, 0.05) is 31.5 Å². The lowest BCUT2D eigenvalue weighted by Crippen LogP contribution is -2.35. The molecule has 27 heavy (non-hydrogen) atoms. The summed E-state index contributed by atoms with van der Waals surface area (Å²) in [6.45, 7) is 1.74. The number of sulfonamides is 1. The lowest BCUT2D eigenvalue weighted by molar-refractivity contribution is 0.419. The van der Waals surface area contributed by atoms with Gasteiger partial charge in [0.25, 0.3) is 10.0 Å². The number of rotatable bonds is 4. The molecule has 0 saturated heterocycles. The van der Waals surface area contributed by atoms with Gasteiger partial charge in [-0.25, -0.2) is 13.4 Å². The zero-order valence-electron chi connectivity index (χ0n) is 14.4. The van der Waals surface area contributed by atoms with Crippen molar-refractivity contribution in [3.8, 4) is 6.07 Å². The minimum absolute atomic E-state index is 0.241. The Hall–Kier alpha value is -2.67. The average molecular weight is 400 g/mol. The number of nitriles is 1. The van der Waals surface area contributed by atoms with E-state index in [0.29, 0.717) is 29.4 Å². The van der Waals surface area contributed by atoms with Crippen LogP contribution in [-0.2, 0) is 23.1 Å². The van der Waals surface area contributed by atoms with Crippen molar-refractivity contribution >= 4 is 27.0 Å². The number of anilines is 1. The summed E-state index contributed by atoms with van der Waals surface area (Å²) in [6.07, 6.45) is 3.38. The predicted molar refractivity (Wildman–Crippen MR) is 103 cm³/mol. The highest BCUT2D eigenvalue weighted by molar-refractivity contribution is 7.91. The summed E-state index contributed by atoms with van der Waals surface area (Å²) in [5.74, 6) is 0. The van der Waals surface area contributed by atoms with Gasteiger partial charge in [0.2, 0.25) is 0 Å². The van der Waals surface area contributed by atoms with Gasteiger partial charge in [0.1, 0.15) is 4.21 Å². The van der Waals surface area contributed by atoms with Crippen molar-refractivity contribution in [1.29, 1.82) is 5.26 Å². The van der Waals surface area contributed by atoms with E-state index in [0.717, 1.165) is 16.9 Å². The van der Waals surface area contributed by atoms with Crippen LogP contribution in [0.2, 0.25) is 0 Å². The Labute approximate surface area is 161 Å². The molecule has 0 saturated carbocycles. The fourth-order valence-electron chi connectivity index (χ4n) is 3.20. The number of H-pyrrole nitrogens is 1. The molecule has 0 bridgehead atoms. The molecule has 7 nitrogen and oxygen atoms in total. The third-order valence-electron chi connectivity index (χ3n) is 4.52. The summed E-state index contributed by atoms with van der Waals surface area (Å²) in [4.78, 5) is 9.26. The molecule has 3 aromatic rings. The molecule has 4 rings (SSSR count). The van der Waals surface area contributed by atoms with Crippen LogP contribution < -0.4 is 4.90 Å². The molecule has 1 aliphatic rings. The fraction of sp³-hybridized carbons (Fsp3) is 0.222. The van der Waals surface area contributed by atoms with Crippen molar-refractivity contribution in [3.05, 3.63) is 65.1 Å². The Morgan fingerprint density at radius 3 is 2.89 bits per heavy atom. The van der Waals surface area contributed by atoms with Gasteiger partial charge in [-0.05, 0) is 35.2 Å². The van der Waals surface area contributed by atoms with Crippen LogP contribution in [0.25, 0.3) is 0 Å². The summed E-state index contributed by atoms with van der Waals surface area (Å²) < 4.78 is 27.9. The molecular weight excluding hydrogens is 382 g/mol. The number of aromatic nitrogens is 2. The molecule has 1 N–H and O–H groups in total. The van der Waals surface area contributed by atoms with E-state index < -0.39 is 10.0 Å². The third-order valence-corrected chi connectivity index (χ3v) is 7.74. The molecule has 0 fully saturated rings. The van der Waals surface area contributed by atoms with Crippen molar-refractivity contribution in [2.24, 2.45) is 0 Å². The van der Waals surface area contributed by atoms with E-state index in [4.69, 9.17) is 0 Å². The van der Waals surface area contributed by atoms with Crippen molar-refractivity contribution < 1.29 is 8.42 Å². The van der Waals surface area contributed by atoms with E-state index in [1.54, 1.807) is 42.2 Å². The van der Waals surface area contributed by atoms with E-state index in [9.17, 15) is 13.7 Å². The number of thiophene rings is 1. The van der Waals surface area contributed by atoms with Gasteiger partial charge >= 0.3 is 0 Å². The van der Waals surface area contributed by atoms with Gasteiger partial charge in [-0.3, -0.25) is 0 Å². The highest BCUT2D eigenvalue weighted by Crippen LogP contribution is 2.31. The van der Waals surface area contributed by atoms with E-state index in [2.05, 4.69) is 20.9 Å². The first-order chi connectivity index (χ1) is 13.1. The predicted octanol–water partition coefficient (Wildman–Crippen LogP) is 2.55. The first kappa shape index (κ1) is 17.7. The standard InChI is InChI=1S/C18H17N5O2S2/c19-9-14-3-4-17-15(8-14)11-23(27(24,25)18-2-1-7-26-18)6-5-22(17)12-16-10-20-13-21-16/h1-4,7-8,10,13H,5-6,11-12H2,(H,20,21). The number of benzene rings is 1. The number of imidazole rings is 1. The largest absolute Gasteiger partial charge is 0.364 e. The molecule has 3 heterocycles. The molecule has 0 aliphatic carbocycles. The molecule has 1 aromatic carbocycles. The second-order valence-corrected chi connectivity index (χ2v) is 9.34. The molecule has 0 atom stereocenters. The van der Waals surface area contributed by atoms with Gasteiger partial charge in [0.15, 0.2) is 0 Å². The van der Waals surface area contributed by atoms with Gasteiger partial charge in [-0.1, -0.05) is 6.07 Å². The smallest absolute Gasteiger partial charge is 0.252 e. The summed E-state index contributed by atoms with van der Waals surface area (Å²) in [7, 11) is -3.57. The second kappa shape index (κ2) is 7.15. The minimum atomic E-state index is -3.57. The van der Waals surface area contributed by atoms with Crippen LogP contribution in [0.15, 0.2) is 52.4 Å². The minimum Gasteiger partial charge on any atom is -0.364 e. The number of nitrogens with one attached hydrogen (secondary N) is 1. The van der Waals surface area contributed by atoms with Crippen molar-refractivity contribution in [2.75, 3.05) is 18.0 Å². The zero-order chi connectivity index (χ0) is 18.9. The van der Waals surface area contributed by atoms with Crippen molar-refractivity contribution in [3.63, 3.8) is 0 Å². The molecule has 9 heteroatoms. The first-order valence-corrected chi connectivity index (χ1v) is 10.7. The Balaban J connectivity index is 1.72. The molecule has 2 aromatic heterocycles. The first-order valence-electron chi connectivity index (χ1n) is 8.37. The van der Waals surface area contributed by atoms with E-state index in [1.165, 1.54) is 15.6 Å². The van der Waals surface area contributed by atoms with Crippen LogP contribution in [0.5, 0.6) is 0 Å². The molecule has 0 radical (unpaired) electrons. The molecule has 138 valence electrons. The summed E-state index contributed by atoms with van der Waals surface area (Å²) >= 11 is 1.22. The Kier molecular flexibility index (Phi) is 4.70. The molecular formula is C18H17N5O2S2. The van der Waals surface area contributed by atoms with Gasteiger partial charge in [0.05, 0.1) is 30.2 Å². The zero-order valence-corrected chi connectivity index (χ0v) is 16.0. The van der Waals surface area contributed by atoms with Gasteiger partial charge < -0.3 is 9.88 Å². The highest BCUT2D eigenvalue weighted by Gasteiger charge is 2.30. The van der Waals surface area contributed by atoms with Gasteiger partial charge in [-0.15, -0.1) is 11.3 Å². The summed E-state index contributed by atoms with van der Waals surface area (Å²) in [5.41, 5.74) is 3.23. The van der Waals surface area contributed by atoms with Crippen molar-refractivity contribution in [1.82, 2.24) is 14.3 Å². The monoisotopic (exact) mass is 399 g/mol. The van der Waals surface area contributed by atoms with Crippen molar-refractivity contribution in [2.45, 2.75) is 17.3 Å². The molecule has 1 aliphatic heterocycles. The molecule has 0 unspecified atom stereocenters. The quantitative estimate of drug-likeness (QED) is 0.728. The Morgan fingerprint density at radius 1 is 1.30 bits per heavy atom. The van der Waals surface area contributed by atoms with E-state index >= 15 is 0 Å². The summed E-state index contributed by atoms with van der Waals surface area (Å²) in [6, 6.07) is 10.9. The highest BCUT2D eigenvalue weighted by atomic mass is 32.2. The number of hydrogen-bond acceptors (Lipinski definition) is 6. The number of hydrogen-bond donors (Lipinski definition) is 1. The lowest BCUT2D eigenvalue weighted by atomic mass is 10.1. The Bertz CT molecular complexity index is 1070. The normalized spacial score (nSPS) is 15.1. The fourth-order valence-corrected chi connectivity index (χ4v) is 5.75.